The lowest BCUT2D eigenvalue weighted by Crippen LogP contribution is -2.30. The van der Waals surface area contributed by atoms with Gasteiger partial charge in [0, 0.05) is 0 Å². The Labute approximate surface area is 98.8 Å². The third-order valence-electron chi connectivity index (χ3n) is 1.94. The molecule has 0 spiro atoms. The van der Waals surface area contributed by atoms with Crippen LogP contribution in [0.15, 0.2) is 12.1 Å². The third-order valence-corrected chi connectivity index (χ3v) is 1.94. The molecule has 96 valence electrons. The molecule has 0 fully saturated rings. The van der Waals surface area contributed by atoms with Crippen LogP contribution < -0.4 is 5.32 Å². The van der Waals surface area contributed by atoms with Gasteiger partial charge in [0.05, 0.1) is 11.1 Å². The van der Waals surface area contributed by atoms with Gasteiger partial charge >= 0.3 is 11.9 Å². The maximum absolute atomic E-state index is 12.9. The van der Waals surface area contributed by atoms with E-state index in [4.69, 9.17) is 10.2 Å². The van der Waals surface area contributed by atoms with Gasteiger partial charge in [-0.25, -0.2) is 13.6 Å². The smallest absolute Gasteiger partial charge is 0.336 e. The molecular weight excluding hydrogens is 252 g/mol. The minimum Gasteiger partial charge on any atom is -0.480 e. The second kappa shape index (κ2) is 5.21. The molecule has 0 aliphatic carbocycles. The molecule has 18 heavy (non-hydrogen) atoms. The van der Waals surface area contributed by atoms with E-state index in [1.807, 2.05) is 5.32 Å². The van der Waals surface area contributed by atoms with Crippen molar-refractivity contribution in [1.82, 2.24) is 5.32 Å². The highest BCUT2D eigenvalue weighted by atomic mass is 19.2. The molecule has 1 aromatic carbocycles. The number of hydrogen-bond acceptors (Lipinski definition) is 3. The summed E-state index contributed by atoms with van der Waals surface area (Å²) in [5, 5.41) is 18.9. The molecule has 3 N–H and O–H groups in total. The van der Waals surface area contributed by atoms with Crippen molar-refractivity contribution in [3.63, 3.8) is 0 Å². The van der Waals surface area contributed by atoms with Crippen molar-refractivity contribution in [2.45, 2.75) is 0 Å². The predicted molar refractivity (Wildman–Crippen MR) is 53.3 cm³/mol. The van der Waals surface area contributed by atoms with E-state index in [2.05, 4.69) is 0 Å². The van der Waals surface area contributed by atoms with Gasteiger partial charge in [-0.2, -0.15) is 0 Å². The quantitative estimate of drug-likeness (QED) is 0.729. The summed E-state index contributed by atoms with van der Waals surface area (Å²) in [5.41, 5.74) is -1.40. The second-order valence-electron chi connectivity index (χ2n) is 3.19. The number of carbonyl (C=O) groups excluding carboxylic acids is 1. The van der Waals surface area contributed by atoms with Crippen LogP contribution in [0.4, 0.5) is 8.78 Å². The predicted octanol–water partition coefficient (Wildman–Crippen LogP) is 0.477. The Morgan fingerprint density at radius 2 is 1.56 bits per heavy atom. The Balaban J connectivity index is 3.13. The Bertz CT molecular complexity index is 529. The van der Waals surface area contributed by atoms with Crippen molar-refractivity contribution in [2.24, 2.45) is 0 Å². The maximum Gasteiger partial charge on any atom is 0.336 e. The average Bonchev–Trinajstić information content (AvgIpc) is 2.28. The van der Waals surface area contributed by atoms with E-state index in [0.717, 1.165) is 0 Å². The van der Waals surface area contributed by atoms with Gasteiger partial charge in [-0.15, -0.1) is 0 Å². The number of hydrogen-bond donors (Lipinski definition) is 3. The fraction of sp³-hybridized carbons (Fsp3) is 0.100. The zero-order chi connectivity index (χ0) is 13.9. The molecule has 0 radical (unpaired) electrons. The first-order chi connectivity index (χ1) is 8.32. The van der Waals surface area contributed by atoms with Crippen LogP contribution in [0, 0.1) is 11.6 Å². The lowest BCUT2D eigenvalue weighted by atomic mass is 10.1. The van der Waals surface area contributed by atoms with E-state index in [1.54, 1.807) is 0 Å². The van der Waals surface area contributed by atoms with Gasteiger partial charge in [0.1, 0.15) is 6.54 Å². The van der Waals surface area contributed by atoms with Gasteiger partial charge in [-0.1, -0.05) is 0 Å². The minimum absolute atomic E-state index is 0.355. The molecule has 0 bridgehead atoms. The van der Waals surface area contributed by atoms with Gasteiger partial charge in [0.2, 0.25) is 0 Å². The Morgan fingerprint density at radius 3 is 2.00 bits per heavy atom. The molecule has 0 unspecified atom stereocenters. The third kappa shape index (κ3) is 3.00. The molecule has 0 saturated carbocycles. The summed E-state index contributed by atoms with van der Waals surface area (Å²) in [6.07, 6.45) is 0. The number of rotatable bonds is 4. The van der Waals surface area contributed by atoms with Crippen LogP contribution in [0.1, 0.15) is 20.7 Å². The number of amides is 1. The summed E-state index contributed by atoms with van der Waals surface area (Å²) >= 11 is 0. The molecule has 8 heteroatoms. The number of carboxylic acids is 2. The Hall–Kier alpha value is -2.51. The number of aromatic carboxylic acids is 1. The van der Waals surface area contributed by atoms with E-state index in [1.165, 1.54) is 0 Å². The zero-order valence-corrected chi connectivity index (χ0v) is 8.74. The minimum atomic E-state index is -1.63. The van der Waals surface area contributed by atoms with E-state index in [0.29, 0.717) is 12.1 Å². The highest BCUT2D eigenvalue weighted by molar-refractivity contribution is 6.05. The first-order valence-electron chi connectivity index (χ1n) is 4.55. The monoisotopic (exact) mass is 259 g/mol. The number of carboxylic acid groups (broad SMARTS) is 2. The van der Waals surface area contributed by atoms with Crippen molar-refractivity contribution in [2.75, 3.05) is 6.54 Å². The SMILES string of the molecule is O=C(O)CNC(=O)c1cc(F)c(F)cc1C(=O)O. The topological polar surface area (TPSA) is 104 Å². The molecule has 0 atom stereocenters. The number of halogens is 2. The highest BCUT2D eigenvalue weighted by Crippen LogP contribution is 2.15. The largest absolute Gasteiger partial charge is 0.480 e. The van der Waals surface area contributed by atoms with Crippen molar-refractivity contribution in [3.8, 4) is 0 Å². The van der Waals surface area contributed by atoms with Crippen molar-refractivity contribution in [1.29, 1.82) is 0 Å². The Morgan fingerprint density at radius 1 is 1.06 bits per heavy atom. The number of benzene rings is 1. The summed E-state index contributed by atoms with van der Waals surface area (Å²) in [7, 11) is 0. The average molecular weight is 259 g/mol. The molecule has 0 heterocycles. The maximum atomic E-state index is 12.9. The normalized spacial score (nSPS) is 9.89. The van der Waals surface area contributed by atoms with Gasteiger partial charge in [0.15, 0.2) is 11.6 Å². The lowest BCUT2D eigenvalue weighted by molar-refractivity contribution is -0.135. The van der Waals surface area contributed by atoms with Crippen LogP contribution in [0.2, 0.25) is 0 Å². The van der Waals surface area contributed by atoms with Crippen LogP contribution in [-0.4, -0.2) is 34.6 Å². The first kappa shape index (κ1) is 13.6. The molecule has 1 aromatic rings. The van der Waals surface area contributed by atoms with Crippen molar-refractivity contribution >= 4 is 17.8 Å². The summed E-state index contributed by atoms with van der Waals surface area (Å²) in [4.78, 5) is 32.4. The molecule has 0 aliphatic heterocycles. The number of nitrogens with one attached hydrogen (secondary N) is 1. The zero-order valence-electron chi connectivity index (χ0n) is 8.74. The van der Waals surface area contributed by atoms with E-state index >= 15 is 0 Å². The molecule has 0 aliphatic rings. The summed E-state index contributed by atoms with van der Waals surface area (Å²) in [5.74, 6) is -6.92. The van der Waals surface area contributed by atoms with E-state index in [9.17, 15) is 23.2 Å². The number of aliphatic carboxylic acids is 1. The van der Waals surface area contributed by atoms with Crippen LogP contribution in [-0.2, 0) is 4.79 Å². The number of carbonyl (C=O) groups is 3. The second-order valence-corrected chi connectivity index (χ2v) is 3.19. The Kier molecular flexibility index (Phi) is 3.93. The van der Waals surface area contributed by atoms with Gasteiger partial charge < -0.3 is 15.5 Å². The summed E-state index contributed by atoms with van der Waals surface area (Å²) < 4.78 is 25.8. The molecule has 0 saturated heterocycles. The molecule has 6 nitrogen and oxygen atoms in total. The van der Waals surface area contributed by atoms with E-state index < -0.39 is 47.2 Å². The molecule has 1 amide bonds. The van der Waals surface area contributed by atoms with Gasteiger partial charge in [0.25, 0.3) is 5.91 Å². The lowest BCUT2D eigenvalue weighted by Gasteiger charge is -2.06. The van der Waals surface area contributed by atoms with Gasteiger partial charge in [-0.05, 0) is 12.1 Å². The van der Waals surface area contributed by atoms with Crippen molar-refractivity contribution in [3.05, 3.63) is 34.9 Å². The van der Waals surface area contributed by atoms with E-state index in [-0.39, 0.29) is 0 Å². The summed E-state index contributed by atoms with van der Waals surface area (Å²) in [6.45, 7) is -0.767. The summed E-state index contributed by atoms with van der Waals surface area (Å²) in [6, 6.07) is 0.753. The van der Waals surface area contributed by atoms with Gasteiger partial charge in [-0.3, -0.25) is 9.59 Å². The molecular formula is C10H7F2NO5. The standard InChI is InChI=1S/C10H7F2NO5/c11-6-1-4(9(16)13-3-8(14)15)5(10(17)18)2-7(6)12/h1-2H,3H2,(H,13,16)(H,14,15)(H,17,18). The van der Waals surface area contributed by atoms with Crippen LogP contribution >= 0.6 is 0 Å². The van der Waals surface area contributed by atoms with Crippen LogP contribution in [0.3, 0.4) is 0 Å². The van der Waals surface area contributed by atoms with Crippen LogP contribution in [0.25, 0.3) is 0 Å². The fourth-order valence-corrected chi connectivity index (χ4v) is 1.16. The molecule has 0 aromatic heterocycles. The van der Waals surface area contributed by atoms with Crippen molar-refractivity contribution < 1.29 is 33.4 Å². The molecule has 1 rings (SSSR count). The van der Waals surface area contributed by atoms with Crippen LogP contribution in [0.5, 0.6) is 0 Å². The first-order valence-corrected chi connectivity index (χ1v) is 4.55. The fourth-order valence-electron chi connectivity index (χ4n) is 1.16. The highest BCUT2D eigenvalue weighted by Gasteiger charge is 2.20.